The summed E-state index contributed by atoms with van der Waals surface area (Å²) in [5, 5.41) is 8.64. The highest BCUT2D eigenvalue weighted by Gasteiger charge is 2.32. The van der Waals surface area contributed by atoms with Gasteiger partial charge in [-0.3, -0.25) is 9.59 Å². The van der Waals surface area contributed by atoms with Crippen molar-refractivity contribution < 1.29 is 19.4 Å². The van der Waals surface area contributed by atoms with E-state index in [1.54, 1.807) is 25.2 Å². The van der Waals surface area contributed by atoms with Crippen molar-refractivity contribution >= 4 is 23.3 Å². The molecule has 0 radical (unpaired) electrons. The van der Waals surface area contributed by atoms with Gasteiger partial charge in [-0.15, -0.1) is 0 Å². The number of carbonyl (C=O) groups is 2. The molecule has 0 saturated heterocycles. The van der Waals surface area contributed by atoms with E-state index < -0.39 is 12.1 Å². The van der Waals surface area contributed by atoms with Gasteiger partial charge in [0.05, 0.1) is 5.69 Å². The van der Waals surface area contributed by atoms with Gasteiger partial charge < -0.3 is 20.5 Å². The van der Waals surface area contributed by atoms with Crippen molar-refractivity contribution in [2.24, 2.45) is 0 Å². The molecule has 1 aromatic carbocycles. The van der Waals surface area contributed by atoms with E-state index in [0.29, 0.717) is 17.1 Å². The number of hydrogen-bond donors (Lipinski definition) is 2. The van der Waals surface area contributed by atoms with Crippen LogP contribution in [0.2, 0.25) is 0 Å². The van der Waals surface area contributed by atoms with Crippen LogP contribution in [-0.4, -0.2) is 30.1 Å². The van der Waals surface area contributed by atoms with E-state index in [9.17, 15) is 9.59 Å². The molecule has 6 nitrogen and oxygen atoms in total. The second kappa shape index (κ2) is 4.56. The van der Waals surface area contributed by atoms with E-state index >= 15 is 0 Å². The van der Waals surface area contributed by atoms with Crippen molar-refractivity contribution in [1.29, 1.82) is 0 Å². The van der Waals surface area contributed by atoms with Crippen molar-refractivity contribution in [3.05, 3.63) is 18.2 Å². The minimum absolute atomic E-state index is 0.109. The Balaban J connectivity index is 2.23. The zero-order valence-electron chi connectivity index (χ0n) is 9.92. The van der Waals surface area contributed by atoms with Crippen LogP contribution in [0, 0.1) is 0 Å². The number of fused-ring (bicyclic) bond motifs is 1. The number of nitrogens with two attached hydrogens (primary N) is 1. The van der Waals surface area contributed by atoms with Crippen LogP contribution in [0.3, 0.4) is 0 Å². The monoisotopic (exact) mass is 250 g/mol. The van der Waals surface area contributed by atoms with Gasteiger partial charge in [0.1, 0.15) is 5.75 Å². The predicted octanol–water partition coefficient (Wildman–Crippen LogP) is 0.857. The number of nitrogen functional groups attached to an aromatic ring is 1. The Morgan fingerprint density at radius 2 is 2.28 bits per heavy atom. The van der Waals surface area contributed by atoms with Crippen LogP contribution >= 0.6 is 0 Å². The Bertz CT molecular complexity index is 501. The third-order valence-corrected chi connectivity index (χ3v) is 2.84. The molecule has 1 aliphatic rings. The Labute approximate surface area is 104 Å². The lowest BCUT2D eigenvalue weighted by atomic mass is 10.1. The maximum absolute atomic E-state index is 12.0. The number of likely N-dealkylation sites (N-methyl/N-ethyl adjacent to an activating group) is 1. The number of aliphatic carboxylic acids is 1. The Morgan fingerprint density at radius 1 is 1.56 bits per heavy atom. The number of anilines is 2. The number of ether oxygens (including phenoxy) is 1. The van der Waals surface area contributed by atoms with Gasteiger partial charge in [0.2, 0.25) is 0 Å². The molecule has 1 atom stereocenters. The molecule has 1 aliphatic heterocycles. The van der Waals surface area contributed by atoms with E-state index in [1.165, 1.54) is 4.90 Å². The molecule has 2 rings (SSSR count). The molecule has 0 saturated carbocycles. The summed E-state index contributed by atoms with van der Waals surface area (Å²) in [5.74, 6) is -0.687. The molecular formula is C12H14N2O4. The second-order valence-corrected chi connectivity index (χ2v) is 4.16. The molecule has 3 N–H and O–H groups in total. The summed E-state index contributed by atoms with van der Waals surface area (Å²) in [6.07, 6.45) is -0.727. The molecule has 1 aromatic rings. The van der Waals surface area contributed by atoms with Crippen LogP contribution in [0.4, 0.5) is 11.4 Å². The van der Waals surface area contributed by atoms with E-state index in [4.69, 9.17) is 15.6 Å². The molecule has 0 bridgehead atoms. The van der Waals surface area contributed by atoms with Crippen LogP contribution in [-0.2, 0) is 9.59 Å². The van der Waals surface area contributed by atoms with Gasteiger partial charge in [0, 0.05) is 31.6 Å². The highest BCUT2D eigenvalue weighted by Crippen LogP contribution is 2.35. The molecule has 0 spiro atoms. The second-order valence-electron chi connectivity index (χ2n) is 4.16. The molecule has 1 heterocycles. The third-order valence-electron chi connectivity index (χ3n) is 2.84. The van der Waals surface area contributed by atoms with Gasteiger partial charge in [0.25, 0.3) is 5.91 Å². The Hall–Kier alpha value is -2.24. The minimum Gasteiger partial charge on any atom is -0.481 e. The maximum atomic E-state index is 12.0. The van der Waals surface area contributed by atoms with Gasteiger partial charge in [0.15, 0.2) is 6.10 Å². The van der Waals surface area contributed by atoms with Crippen molar-refractivity contribution in [2.45, 2.75) is 18.9 Å². The first-order valence-corrected chi connectivity index (χ1v) is 5.54. The van der Waals surface area contributed by atoms with E-state index in [1.807, 2.05) is 0 Å². The van der Waals surface area contributed by atoms with E-state index in [2.05, 4.69) is 0 Å². The SMILES string of the molecule is CN1C(=O)C(CCC(=O)O)Oc2cc(N)ccc21. The lowest BCUT2D eigenvalue weighted by molar-refractivity contribution is -0.138. The zero-order chi connectivity index (χ0) is 13.3. The number of carbonyl (C=O) groups excluding carboxylic acids is 1. The van der Waals surface area contributed by atoms with Gasteiger partial charge in [-0.05, 0) is 12.1 Å². The predicted molar refractivity (Wildman–Crippen MR) is 65.6 cm³/mol. The van der Waals surface area contributed by atoms with E-state index in [0.717, 1.165) is 0 Å². The number of nitrogens with zero attached hydrogens (tertiary/aromatic N) is 1. The molecule has 0 aliphatic carbocycles. The minimum atomic E-state index is -0.951. The third kappa shape index (κ3) is 2.22. The van der Waals surface area contributed by atoms with Gasteiger partial charge in [-0.25, -0.2) is 0 Å². The summed E-state index contributed by atoms with van der Waals surface area (Å²) < 4.78 is 5.51. The van der Waals surface area contributed by atoms with Crippen LogP contribution in [0.25, 0.3) is 0 Å². The van der Waals surface area contributed by atoms with Crippen molar-refractivity contribution in [3.63, 3.8) is 0 Å². The molecule has 1 amide bonds. The highest BCUT2D eigenvalue weighted by molar-refractivity contribution is 6.00. The van der Waals surface area contributed by atoms with Crippen molar-refractivity contribution in [1.82, 2.24) is 0 Å². The fourth-order valence-corrected chi connectivity index (χ4v) is 1.88. The lowest BCUT2D eigenvalue weighted by Gasteiger charge is -2.31. The summed E-state index contributed by atoms with van der Waals surface area (Å²) in [5.41, 5.74) is 6.83. The summed E-state index contributed by atoms with van der Waals surface area (Å²) in [6, 6.07) is 5.02. The topological polar surface area (TPSA) is 92.9 Å². The first-order valence-electron chi connectivity index (χ1n) is 5.54. The zero-order valence-corrected chi connectivity index (χ0v) is 9.92. The summed E-state index contributed by atoms with van der Waals surface area (Å²) >= 11 is 0. The Kier molecular flexibility index (Phi) is 3.10. The van der Waals surface area contributed by atoms with E-state index in [-0.39, 0.29) is 18.7 Å². The molecule has 18 heavy (non-hydrogen) atoms. The molecule has 6 heteroatoms. The van der Waals surface area contributed by atoms with Crippen LogP contribution in [0.1, 0.15) is 12.8 Å². The number of carboxylic acids is 1. The average molecular weight is 250 g/mol. The number of benzene rings is 1. The van der Waals surface area contributed by atoms with Crippen molar-refractivity contribution in [2.75, 3.05) is 17.7 Å². The van der Waals surface area contributed by atoms with Gasteiger partial charge in [-0.1, -0.05) is 0 Å². The number of rotatable bonds is 3. The lowest BCUT2D eigenvalue weighted by Crippen LogP contribution is -2.43. The van der Waals surface area contributed by atoms with Crippen LogP contribution in [0.5, 0.6) is 5.75 Å². The van der Waals surface area contributed by atoms with Gasteiger partial charge in [-0.2, -0.15) is 0 Å². The molecule has 0 aromatic heterocycles. The number of carboxylic acid groups (broad SMARTS) is 1. The fourth-order valence-electron chi connectivity index (χ4n) is 1.88. The maximum Gasteiger partial charge on any atom is 0.303 e. The first-order chi connectivity index (χ1) is 8.49. The standard InChI is InChI=1S/C12H14N2O4/c1-14-8-3-2-7(13)6-10(8)18-9(12(14)17)4-5-11(15)16/h2-3,6,9H,4-5,13H2,1H3,(H,15,16). The largest absolute Gasteiger partial charge is 0.481 e. The van der Waals surface area contributed by atoms with Crippen LogP contribution in [0.15, 0.2) is 18.2 Å². The highest BCUT2D eigenvalue weighted by atomic mass is 16.5. The fraction of sp³-hybridized carbons (Fsp3) is 0.333. The molecular weight excluding hydrogens is 236 g/mol. The number of hydrogen-bond acceptors (Lipinski definition) is 4. The smallest absolute Gasteiger partial charge is 0.303 e. The summed E-state index contributed by atoms with van der Waals surface area (Å²) in [6.45, 7) is 0. The van der Waals surface area contributed by atoms with Crippen molar-refractivity contribution in [3.8, 4) is 5.75 Å². The normalized spacial score (nSPS) is 18.2. The molecule has 0 fully saturated rings. The van der Waals surface area contributed by atoms with Crippen LogP contribution < -0.4 is 15.4 Å². The Morgan fingerprint density at radius 3 is 2.94 bits per heavy atom. The quantitative estimate of drug-likeness (QED) is 0.776. The first kappa shape index (κ1) is 12.2. The summed E-state index contributed by atoms with van der Waals surface area (Å²) in [7, 11) is 1.63. The molecule has 1 unspecified atom stereocenters. The van der Waals surface area contributed by atoms with Gasteiger partial charge >= 0.3 is 5.97 Å². The average Bonchev–Trinajstić information content (AvgIpc) is 2.31. The number of amides is 1. The summed E-state index contributed by atoms with van der Waals surface area (Å²) in [4.78, 5) is 24.0. The molecule has 96 valence electrons.